The molecule has 5 aromatic rings. The topological polar surface area (TPSA) is 87.3 Å². The lowest BCUT2D eigenvalue weighted by atomic mass is 10.0. The van der Waals surface area contributed by atoms with Gasteiger partial charge >= 0.3 is 0 Å². The number of imidazole rings is 1. The molecule has 148 valence electrons. The number of hydrogen-bond donors (Lipinski definition) is 2. The molecule has 0 saturated heterocycles. The van der Waals surface area contributed by atoms with Gasteiger partial charge in [0.15, 0.2) is 0 Å². The van der Waals surface area contributed by atoms with E-state index in [0.717, 1.165) is 5.69 Å². The second-order valence-corrected chi connectivity index (χ2v) is 7.23. The Hall–Kier alpha value is -3.58. The van der Waals surface area contributed by atoms with Crippen molar-refractivity contribution in [2.24, 2.45) is 0 Å². The molecule has 0 atom stereocenters. The van der Waals surface area contributed by atoms with E-state index in [1.165, 1.54) is 6.07 Å². The van der Waals surface area contributed by atoms with Gasteiger partial charge in [-0.25, -0.2) is 14.4 Å². The molecule has 0 aliphatic rings. The molecular formula is C22H15ClFN5O. The van der Waals surface area contributed by atoms with Gasteiger partial charge in [0.25, 0.3) is 5.56 Å². The van der Waals surface area contributed by atoms with Crippen LogP contribution in [0.3, 0.4) is 0 Å². The van der Waals surface area contributed by atoms with Gasteiger partial charge in [0.1, 0.15) is 22.3 Å². The molecule has 4 heterocycles. The average molecular weight is 420 g/mol. The number of halogens is 2. The molecule has 0 aliphatic carbocycles. The molecule has 5 rings (SSSR count). The molecule has 0 radical (unpaired) electrons. The van der Waals surface area contributed by atoms with E-state index < -0.39 is 0 Å². The zero-order valence-corrected chi connectivity index (χ0v) is 16.6. The zero-order valence-electron chi connectivity index (χ0n) is 15.8. The van der Waals surface area contributed by atoms with Crippen LogP contribution in [0.15, 0.2) is 53.5 Å². The molecular weight excluding hydrogens is 405 g/mol. The van der Waals surface area contributed by atoms with Crippen LogP contribution in [0.4, 0.5) is 4.39 Å². The van der Waals surface area contributed by atoms with Crippen molar-refractivity contribution >= 4 is 33.5 Å². The number of aromatic amines is 2. The fourth-order valence-corrected chi connectivity index (χ4v) is 3.80. The number of aryl methyl sites for hydroxylation is 1. The zero-order chi connectivity index (χ0) is 20.8. The third kappa shape index (κ3) is 2.95. The summed E-state index contributed by atoms with van der Waals surface area (Å²) >= 11 is 6.10. The number of benzene rings is 1. The first-order valence-electron chi connectivity index (χ1n) is 9.37. The van der Waals surface area contributed by atoms with Crippen LogP contribution in [0.5, 0.6) is 0 Å². The predicted octanol–water partition coefficient (Wildman–Crippen LogP) is 4.88. The first-order chi connectivity index (χ1) is 14.5. The minimum atomic E-state index is -0.387. The highest BCUT2D eigenvalue weighted by Gasteiger charge is 2.16. The highest BCUT2D eigenvalue weighted by atomic mass is 35.5. The number of nitrogens with zero attached hydrogens (tertiary/aromatic N) is 3. The van der Waals surface area contributed by atoms with Crippen molar-refractivity contribution in [1.29, 1.82) is 0 Å². The number of H-pyrrole nitrogens is 2. The number of nitrogens with one attached hydrogen (secondary N) is 2. The molecule has 8 heteroatoms. The van der Waals surface area contributed by atoms with Gasteiger partial charge in [-0.3, -0.25) is 9.78 Å². The second-order valence-electron chi connectivity index (χ2n) is 6.84. The lowest BCUT2D eigenvalue weighted by molar-refractivity contribution is 0.631. The van der Waals surface area contributed by atoms with Crippen LogP contribution in [0.2, 0.25) is 5.15 Å². The van der Waals surface area contributed by atoms with Crippen molar-refractivity contribution in [3.8, 4) is 22.6 Å². The van der Waals surface area contributed by atoms with Gasteiger partial charge in [0.05, 0.1) is 28.0 Å². The molecule has 1 aromatic carbocycles. The number of pyridine rings is 3. The average Bonchev–Trinajstić information content (AvgIpc) is 3.16. The fraction of sp³-hybridized carbons (Fsp3) is 0.0909. The minimum absolute atomic E-state index is 0.315. The van der Waals surface area contributed by atoms with Crippen LogP contribution < -0.4 is 5.56 Å². The van der Waals surface area contributed by atoms with Crippen LogP contribution in [-0.4, -0.2) is 24.9 Å². The Morgan fingerprint density at radius 1 is 1.03 bits per heavy atom. The fourth-order valence-electron chi connectivity index (χ4n) is 3.59. The van der Waals surface area contributed by atoms with Crippen molar-refractivity contribution in [1.82, 2.24) is 24.9 Å². The molecule has 0 amide bonds. The first-order valence-corrected chi connectivity index (χ1v) is 9.75. The summed E-state index contributed by atoms with van der Waals surface area (Å²) in [6, 6.07) is 11.4. The maximum absolute atomic E-state index is 14.4. The summed E-state index contributed by atoms with van der Waals surface area (Å²) in [5, 5.41) is 0.970. The molecule has 30 heavy (non-hydrogen) atoms. The van der Waals surface area contributed by atoms with Gasteiger partial charge in [-0.1, -0.05) is 30.7 Å². The Morgan fingerprint density at radius 2 is 1.87 bits per heavy atom. The van der Waals surface area contributed by atoms with E-state index in [9.17, 15) is 9.18 Å². The van der Waals surface area contributed by atoms with Crippen molar-refractivity contribution in [3.05, 3.63) is 75.7 Å². The maximum atomic E-state index is 14.4. The van der Waals surface area contributed by atoms with Crippen LogP contribution in [0.1, 0.15) is 12.6 Å². The summed E-state index contributed by atoms with van der Waals surface area (Å²) in [7, 11) is 0. The maximum Gasteiger partial charge on any atom is 0.259 e. The summed E-state index contributed by atoms with van der Waals surface area (Å²) in [5.41, 5.74) is 3.47. The Bertz CT molecular complexity index is 1490. The van der Waals surface area contributed by atoms with Crippen LogP contribution in [-0.2, 0) is 6.42 Å². The predicted molar refractivity (Wildman–Crippen MR) is 115 cm³/mol. The van der Waals surface area contributed by atoms with Crippen molar-refractivity contribution in [2.75, 3.05) is 0 Å². The Balaban J connectivity index is 1.78. The number of aromatic nitrogens is 5. The highest BCUT2D eigenvalue weighted by molar-refractivity contribution is 6.30. The van der Waals surface area contributed by atoms with E-state index in [0.29, 0.717) is 56.2 Å². The number of rotatable bonds is 3. The van der Waals surface area contributed by atoms with Gasteiger partial charge in [0, 0.05) is 23.2 Å². The van der Waals surface area contributed by atoms with Crippen molar-refractivity contribution in [3.63, 3.8) is 0 Å². The minimum Gasteiger partial charge on any atom is -0.338 e. The largest absolute Gasteiger partial charge is 0.338 e. The second kappa shape index (κ2) is 7.03. The van der Waals surface area contributed by atoms with Gasteiger partial charge in [-0.15, -0.1) is 0 Å². The number of hydrogen-bond acceptors (Lipinski definition) is 4. The van der Waals surface area contributed by atoms with E-state index in [1.807, 2.05) is 6.92 Å². The summed E-state index contributed by atoms with van der Waals surface area (Å²) in [6.07, 6.45) is 2.19. The van der Waals surface area contributed by atoms with E-state index >= 15 is 0 Å². The molecule has 0 unspecified atom stereocenters. The molecule has 0 aliphatic heterocycles. The normalized spacial score (nSPS) is 11.4. The van der Waals surface area contributed by atoms with Crippen LogP contribution in [0.25, 0.3) is 44.6 Å². The third-order valence-corrected chi connectivity index (χ3v) is 5.19. The summed E-state index contributed by atoms with van der Waals surface area (Å²) < 4.78 is 14.4. The monoisotopic (exact) mass is 419 g/mol. The first kappa shape index (κ1) is 18.4. The van der Waals surface area contributed by atoms with Gasteiger partial charge in [0.2, 0.25) is 0 Å². The molecule has 0 fully saturated rings. The van der Waals surface area contributed by atoms with E-state index in [4.69, 9.17) is 11.6 Å². The van der Waals surface area contributed by atoms with E-state index in [-0.39, 0.29) is 11.4 Å². The van der Waals surface area contributed by atoms with E-state index in [2.05, 4.69) is 24.9 Å². The van der Waals surface area contributed by atoms with E-state index in [1.54, 1.807) is 42.6 Å². The Labute approximate surface area is 174 Å². The van der Waals surface area contributed by atoms with Gasteiger partial charge < -0.3 is 9.97 Å². The van der Waals surface area contributed by atoms with Crippen molar-refractivity contribution < 1.29 is 4.39 Å². The van der Waals surface area contributed by atoms with Crippen LogP contribution >= 0.6 is 11.6 Å². The lowest BCUT2D eigenvalue weighted by Gasteiger charge is -2.08. The molecule has 0 bridgehead atoms. The third-order valence-electron chi connectivity index (χ3n) is 5.00. The number of fused-ring (bicyclic) bond motifs is 2. The molecule has 6 nitrogen and oxygen atoms in total. The summed E-state index contributed by atoms with van der Waals surface area (Å²) in [4.78, 5) is 32.1. The summed E-state index contributed by atoms with van der Waals surface area (Å²) in [5.74, 6) is -0.00227. The molecule has 0 saturated carbocycles. The Kier molecular flexibility index (Phi) is 4.33. The quantitative estimate of drug-likeness (QED) is 0.408. The standard InChI is InChI=1S/C22H15ClFN5O/c1-2-15-20-17(10-18(23)26-15)27-21(29-20)13-9-12-16(28-22(13)30)7-8-25-19(12)11-5-3-4-6-14(11)24/h3-10H,2H2,1H3,(H,27,29)(H,28,30). The smallest absolute Gasteiger partial charge is 0.259 e. The van der Waals surface area contributed by atoms with Crippen molar-refractivity contribution in [2.45, 2.75) is 13.3 Å². The Morgan fingerprint density at radius 3 is 2.67 bits per heavy atom. The van der Waals surface area contributed by atoms with Crippen LogP contribution in [0, 0.1) is 5.82 Å². The lowest BCUT2D eigenvalue weighted by Crippen LogP contribution is -2.10. The molecule has 4 aromatic heterocycles. The molecule has 0 spiro atoms. The highest BCUT2D eigenvalue weighted by Crippen LogP contribution is 2.30. The summed E-state index contributed by atoms with van der Waals surface area (Å²) in [6.45, 7) is 1.96. The van der Waals surface area contributed by atoms with Gasteiger partial charge in [-0.2, -0.15) is 0 Å². The SMILES string of the molecule is CCc1nc(Cl)cc2[nH]c(-c3cc4c(-c5ccccc5F)nccc4[nH]c3=O)nc12. The molecule has 2 N–H and O–H groups in total. The van der Waals surface area contributed by atoms with Gasteiger partial charge in [-0.05, 0) is 30.7 Å².